The molecule has 2 aromatic heterocycles. The average Bonchev–Trinajstić information content (AvgIpc) is 3.81. The Balaban J connectivity index is 1.20. The molecule has 0 bridgehead atoms. The molecule has 5 aromatic carbocycles. The predicted molar refractivity (Wildman–Crippen MR) is 274 cm³/mol. The molecule has 1 aliphatic rings. The van der Waals surface area contributed by atoms with E-state index in [0.717, 1.165) is 34.0 Å². The average molecular weight is 851 g/mol. The summed E-state index contributed by atoms with van der Waals surface area (Å²) in [5, 5.41) is 2.36. The number of hydrogen-bond donors (Lipinski definition) is 0. The smallest absolute Gasteiger partial charge is 0.137 e. The molecule has 8 rings (SSSR count). The van der Waals surface area contributed by atoms with Gasteiger partial charge in [0.25, 0.3) is 0 Å². The molecule has 3 heterocycles. The number of nitrogens with zero attached hydrogens (tertiary/aromatic N) is 4. The van der Waals surface area contributed by atoms with Gasteiger partial charge in [0.1, 0.15) is 17.3 Å². The maximum absolute atomic E-state index is 6.84. The summed E-state index contributed by atoms with van der Waals surface area (Å²) in [6, 6.07) is 42.3. The second kappa shape index (κ2) is 16.6. The standard InChI is InChI=1S/C59H70N4O/c1-37(2)41-31-49(38(3)4)54(50(32-41)39(5)6)40-20-18-21-43(30-40)61-36-62(56(59(13,14)15)55(61)58(10,11)12)44-22-19-23-45(34-44)64-46-26-27-48-47-24-16-17-25-51(47)63(52(48)35-46)53-33-42(28-29-60-53)57(7,8)9/h16-35,37-39H,36H2,1-15H3. The molecule has 0 radical (unpaired) electrons. The van der Waals surface area contributed by atoms with E-state index in [1.807, 2.05) is 6.20 Å². The highest BCUT2D eigenvalue weighted by atomic mass is 16.5. The van der Waals surface area contributed by atoms with Crippen LogP contribution in [0.3, 0.4) is 0 Å². The van der Waals surface area contributed by atoms with Crippen molar-refractivity contribution in [3.8, 4) is 28.4 Å². The van der Waals surface area contributed by atoms with Crippen LogP contribution in [-0.2, 0) is 5.41 Å². The van der Waals surface area contributed by atoms with Gasteiger partial charge in [-0.05, 0) is 111 Å². The lowest BCUT2D eigenvalue weighted by Gasteiger charge is -2.34. The topological polar surface area (TPSA) is 33.5 Å². The number of hydrogen-bond acceptors (Lipinski definition) is 4. The van der Waals surface area contributed by atoms with Crippen LogP contribution < -0.4 is 14.5 Å². The van der Waals surface area contributed by atoms with E-state index in [1.54, 1.807) is 0 Å². The molecule has 0 fully saturated rings. The first-order chi connectivity index (χ1) is 30.1. The van der Waals surface area contributed by atoms with Crippen molar-refractivity contribution in [2.45, 2.75) is 127 Å². The van der Waals surface area contributed by atoms with Crippen LogP contribution >= 0.6 is 0 Å². The summed E-state index contributed by atoms with van der Waals surface area (Å²) in [5.74, 6) is 3.76. The van der Waals surface area contributed by atoms with Gasteiger partial charge in [-0.3, -0.25) is 4.57 Å². The zero-order valence-electron chi connectivity index (χ0n) is 41.2. The number of aromatic nitrogens is 2. The number of allylic oxidation sites excluding steroid dienone is 2. The van der Waals surface area contributed by atoms with E-state index in [-0.39, 0.29) is 16.2 Å². The highest BCUT2D eigenvalue weighted by Crippen LogP contribution is 2.49. The molecule has 7 aromatic rings. The summed E-state index contributed by atoms with van der Waals surface area (Å²) in [7, 11) is 0. The zero-order chi connectivity index (χ0) is 46.0. The van der Waals surface area contributed by atoms with Crippen LogP contribution in [0.4, 0.5) is 11.4 Å². The summed E-state index contributed by atoms with van der Waals surface area (Å²) in [6.45, 7) is 35.5. The van der Waals surface area contributed by atoms with E-state index >= 15 is 0 Å². The third-order valence-corrected chi connectivity index (χ3v) is 12.9. The lowest BCUT2D eigenvalue weighted by molar-refractivity contribution is 0.444. The van der Waals surface area contributed by atoms with Gasteiger partial charge in [0.15, 0.2) is 0 Å². The highest BCUT2D eigenvalue weighted by molar-refractivity contribution is 6.09. The van der Waals surface area contributed by atoms with Crippen LogP contribution in [0.1, 0.15) is 144 Å². The van der Waals surface area contributed by atoms with Crippen LogP contribution in [-0.4, -0.2) is 16.2 Å². The first kappa shape index (κ1) is 44.8. The SMILES string of the molecule is CC(C)c1cc(C(C)C)c(-c2cccc(N3CN(c4cccc(Oc5ccc6c7ccccc7n(-c7cc(C(C)(C)C)ccn7)c6c5)c4)C(C(C)(C)C)=C3C(C)(C)C)c2)c(C(C)C)c1. The Morgan fingerprint density at radius 2 is 1.09 bits per heavy atom. The maximum Gasteiger partial charge on any atom is 0.137 e. The van der Waals surface area contributed by atoms with E-state index in [1.165, 1.54) is 61.2 Å². The first-order valence-electron chi connectivity index (χ1n) is 23.5. The molecule has 0 N–H and O–H groups in total. The van der Waals surface area contributed by atoms with Crippen LogP contribution in [0.5, 0.6) is 11.5 Å². The Labute approximate surface area is 383 Å². The van der Waals surface area contributed by atoms with Crippen LogP contribution in [0.15, 0.2) is 133 Å². The Hall–Kier alpha value is -5.81. The number of ether oxygens (including phenoxy) is 1. The normalized spacial score (nSPS) is 14.1. The first-order valence-corrected chi connectivity index (χ1v) is 23.5. The maximum atomic E-state index is 6.84. The van der Waals surface area contributed by atoms with E-state index in [2.05, 4.69) is 233 Å². The van der Waals surface area contributed by atoms with Crippen molar-refractivity contribution < 1.29 is 4.74 Å². The fourth-order valence-electron chi connectivity index (χ4n) is 9.72. The molecule has 332 valence electrons. The van der Waals surface area contributed by atoms with Gasteiger partial charge < -0.3 is 14.5 Å². The third kappa shape index (κ3) is 8.47. The van der Waals surface area contributed by atoms with Crippen molar-refractivity contribution in [2.75, 3.05) is 16.5 Å². The molecular formula is C59H70N4O. The number of para-hydroxylation sites is 1. The van der Waals surface area contributed by atoms with Gasteiger partial charge in [-0.1, -0.05) is 152 Å². The third-order valence-electron chi connectivity index (χ3n) is 12.9. The molecule has 5 heteroatoms. The van der Waals surface area contributed by atoms with Crippen LogP contribution in [0, 0.1) is 10.8 Å². The van der Waals surface area contributed by atoms with Crippen LogP contribution in [0.25, 0.3) is 38.8 Å². The zero-order valence-corrected chi connectivity index (χ0v) is 41.2. The summed E-state index contributed by atoms with van der Waals surface area (Å²) in [6.07, 6.45) is 1.93. The van der Waals surface area contributed by atoms with Crippen molar-refractivity contribution in [3.05, 3.63) is 155 Å². The minimum Gasteiger partial charge on any atom is -0.457 e. The molecule has 0 spiro atoms. The molecule has 0 amide bonds. The summed E-state index contributed by atoms with van der Waals surface area (Å²) in [4.78, 5) is 9.99. The molecular weight excluding hydrogens is 781 g/mol. The fourth-order valence-corrected chi connectivity index (χ4v) is 9.72. The van der Waals surface area contributed by atoms with Gasteiger partial charge in [-0.15, -0.1) is 0 Å². The van der Waals surface area contributed by atoms with Crippen molar-refractivity contribution in [3.63, 3.8) is 0 Å². The Kier molecular flexibility index (Phi) is 11.6. The lowest BCUT2D eigenvalue weighted by Crippen LogP contribution is -2.31. The van der Waals surface area contributed by atoms with Gasteiger partial charge >= 0.3 is 0 Å². The molecule has 1 aliphatic heterocycles. The predicted octanol–water partition coefficient (Wildman–Crippen LogP) is 16.9. The van der Waals surface area contributed by atoms with E-state index in [0.29, 0.717) is 24.4 Å². The van der Waals surface area contributed by atoms with E-state index in [4.69, 9.17) is 9.72 Å². The summed E-state index contributed by atoms with van der Waals surface area (Å²) >= 11 is 0. The molecule has 0 saturated carbocycles. The van der Waals surface area contributed by atoms with Crippen molar-refractivity contribution >= 4 is 33.2 Å². The fraction of sp³-hybridized carbons (Fsp3) is 0.373. The van der Waals surface area contributed by atoms with Gasteiger partial charge in [-0.2, -0.15) is 0 Å². The van der Waals surface area contributed by atoms with Gasteiger partial charge in [0.2, 0.25) is 0 Å². The monoisotopic (exact) mass is 851 g/mol. The highest BCUT2D eigenvalue weighted by Gasteiger charge is 2.42. The van der Waals surface area contributed by atoms with E-state index < -0.39 is 0 Å². The van der Waals surface area contributed by atoms with Crippen molar-refractivity contribution in [1.29, 1.82) is 0 Å². The Morgan fingerprint density at radius 3 is 1.69 bits per heavy atom. The number of rotatable bonds is 9. The molecule has 64 heavy (non-hydrogen) atoms. The van der Waals surface area contributed by atoms with Gasteiger partial charge in [0.05, 0.1) is 17.7 Å². The molecule has 0 aliphatic carbocycles. The summed E-state index contributed by atoms with van der Waals surface area (Å²) in [5.41, 5.74) is 15.1. The second-order valence-corrected chi connectivity index (χ2v) is 22.1. The van der Waals surface area contributed by atoms with E-state index in [9.17, 15) is 0 Å². The number of pyridine rings is 1. The Morgan fingerprint density at radius 1 is 0.516 bits per heavy atom. The summed E-state index contributed by atoms with van der Waals surface area (Å²) < 4.78 is 9.11. The van der Waals surface area contributed by atoms with Gasteiger partial charge in [0, 0.05) is 62.7 Å². The molecule has 5 nitrogen and oxygen atoms in total. The minimum absolute atomic E-state index is 0.00302. The second-order valence-electron chi connectivity index (χ2n) is 22.1. The van der Waals surface area contributed by atoms with Crippen molar-refractivity contribution in [1.82, 2.24) is 9.55 Å². The quantitative estimate of drug-likeness (QED) is 0.145. The minimum atomic E-state index is -0.148. The van der Waals surface area contributed by atoms with Crippen molar-refractivity contribution in [2.24, 2.45) is 10.8 Å². The van der Waals surface area contributed by atoms with Crippen LogP contribution in [0.2, 0.25) is 0 Å². The number of fused-ring (bicyclic) bond motifs is 3. The lowest BCUT2D eigenvalue weighted by atomic mass is 9.81. The largest absolute Gasteiger partial charge is 0.457 e. The Bertz CT molecular complexity index is 2860. The molecule has 0 saturated heterocycles. The number of anilines is 2. The molecule has 0 atom stereocenters. The molecule has 0 unspecified atom stereocenters. The van der Waals surface area contributed by atoms with Gasteiger partial charge in [-0.25, -0.2) is 4.98 Å². The number of benzene rings is 5.